The zero-order valence-corrected chi connectivity index (χ0v) is 23.2. The van der Waals surface area contributed by atoms with E-state index >= 15 is 0 Å². The lowest BCUT2D eigenvalue weighted by Gasteiger charge is -2.25. The Labute approximate surface area is 233 Å². The second-order valence-corrected chi connectivity index (χ2v) is 10.4. The van der Waals surface area contributed by atoms with Gasteiger partial charge in [-0.15, -0.1) is 0 Å². The van der Waals surface area contributed by atoms with Crippen LogP contribution in [0, 0.1) is 12.8 Å². The third-order valence-electron chi connectivity index (χ3n) is 6.40. The highest BCUT2D eigenvalue weighted by Gasteiger charge is 2.47. The number of nitrogens with zero attached hydrogens (tertiary/aromatic N) is 1. The normalized spacial score (nSPS) is 16.6. The monoisotopic (exact) mass is 543 g/mol. The summed E-state index contributed by atoms with van der Waals surface area (Å²) in [5, 5.41) is 21.3. The van der Waals surface area contributed by atoms with Crippen molar-refractivity contribution in [3.05, 3.63) is 94.6 Å². The second kappa shape index (κ2) is 11.7. The molecule has 8 nitrogen and oxygen atoms in total. The molecule has 1 amide bonds. The van der Waals surface area contributed by atoms with Gasteiger partial charge in [-0.05, 0) is 92.4 Å². The number of ketones is 1. The first kappa shape index (κ1) is 28.4. The maximum absolute atomic E-state index is 13.4. The standard InChI is InChI=1S/C32H33NO7/c1-18(2)17-39-26-15-10-23(16-20(26)5)29(35)27-28(21-8-13-25(34)14-9-21)33(31(37)30(27)36)24-11-6-22(7-12-24)32(38)40-19(3)4/h6-16,18-19,28,34-35H,17H2,1-5H3/b29-27-. The molecule has 0 spiro atoms. The number of carbonyl (C=O) groups excluding carboxylic acids is 3. The topological polar surface area (TPSA) is 113 Å². The molecule has 1 unspecified atom stereocenters. The van der Waals surface area contributed by atoms with E-state index in [1.54, 1.807) is 56.3 Å². The summed E-state index contributed by atoms with van der Waals surface area (Å²) in [6.07, 6.45) is -0.293. The molecular weight excluding hydrogens is 510 g/mol. The number of rotatable bonds is 8. The maximum atomic E-state index is 13.4. The number of carbonyl (C=O) groups is 3. The minimum atomic E-state index is -0.980. The van der Waals surface area contributed by atoms with E-state index in [1.165, 1.54) is 29.2 Å². The predicted molar refractivity (Wildman–Crippen MR) is 151 cm³/mol. The molecule has 8 heteroatoms. The zero-order valence-electron chi connectivity index (χ0n) is 23.2. The lowest BCUT2D eigenvalue weighted by atomic mass is 9.94. The largest absolute Gasteiger partial charge is 0.508 e. The van der Waals surface area contributed by atoms with Crippen molar-refractivity contribution in [2.24, 2.45) is 5.92 Å². The van der Waals surface area contributed by atoms with Gasteiger partial charge in [-0.3, -0.25) is 14.5 Å². The van der Waals surface area contributed by atoms with Gasteiger partial charge in [0.15, 0.2) is 0 Å². The molecule has 0 aromatic heterocycles. The highest BCUT2D eigenvalue weighted by molar-refractivity contribution is 6.51. The van der Waals surface area contributed by atoms with Crippen LogP contribution in [0.1, 0.15) is 60.8 Å². The first-order valence-corrected chi connectivity index (χ1v) is 13.1. The molecule has 4 rings (SSSR count). The van der Waals surface area contributed by atoms with Gasteiger partial charge >= 0.3 is 5.97 Å². The van der Waals surface area contributed by atoms with E-state index in [0.717, 1.165) is 5.56 Å². The quantitative estimate of drug-likeness (QED) is 0.157. The van der Waals surface area contributed by atoms with E-state index in [9.17, 15) is 24.6 Å². The van der Waals surface area contributed by atoms with Gasteiger partial charge in [0, 0.05) is 11.3 Å². The van der Waals surface area contributed by atoms with Gasteiger partial charge in [0.05, 0.1) is 29.9 Å². The number of amides is 1. The van der Waals surface area contributed by atoms with Crippen molar-refractivity contribution in [2.75, 3.05) is 11.5 Å². The second-order valence-electron chi connectivity index (χ2n) is 10.4. The molecule has 1 saturated heterocycles. The van der Waals surface area contributed by atoms with E-state index in [1.807, 2.05) is 20.8 Å². The Hall–Kier alpha value is -4.59. The number of aromatic hydroxyl groups is 1. The van der Waals surface area contributed by atoms with Crippen LogP contribution in [0.3, 0.4) is 0 Å². The van der Waals surface area contributed by atoms with Crippen LogP contribution in [0.15, 0.2) is 72.3 Å². The number of phenols is 1. The van der Waals surface area contributed by atoms with E-state index in [0.29, 0.717) is 40.7 Å². The van der Waals surface area contributed by atoms with E-state index < -0.39 is 23.7 Å². The Balaban J connectivity index is 1.79. The van der Waals surface area contributed by atoms with Crippen molar-refractivity contribution in [2.45, 2.75) is 46.8 Å². The molecule has 3 aromatic carbocycles. The number of hydrogen-bond donors (Lipinski definition) is 2. The Bertz CT molecular complexity index is 1450. The van der Waals surface area contributed by atoms with Crippen molar-refractivity contribution in [1.82, 2.24) is 0 Å². The highest BCUT2D eigenvalue weighted by atomic mass is 16.5. The lowest BCUT2D eigenvalue weighted by Crippen LogP contribution is -2.29. The molecule has 3 aromatic rings. The van der Waals surface area contributed by atoms with Crippen LogP contribution < -0.4 is 9.64 Å². The summed E-state index contributed by atoms with van der Waals surface area (Å²) in [4.78, 5) is 40.4. The van der Waals surface area contributed by atoms with Gasteiger partial charge in [-0.2, -0.15) is 0 Å². The number of phenolic OH excluding ortho intramolecular Hbond substituents is 1. The molecular formula is C32H33NO7. The molecule has 40 heavy (non-hydrogen) atoms. The number of aliphatic hydroxyl groups excluding tert-OH is 1. The summed E-state index contributed by atoms with van der Waals surface area (Å²) in [7, 11) is 0. The van der Waals surface area contributed by atoms with Gasteiger partial charge in [0.25, 0.3) is 11.7 Å². The first-order chi connectivity index (χ1) is 19.0. The van der Waals surface area contributed by atoms with Crippen LogP contribution in [0.4, 0.5) is 5.69 Å². The minimum absolute atomic E-state index is 0.0151. The molecule has 0 radical (unpaired) electrons. The number of aryl methyl sites for hydroxylation is 1. The Morgan fingerprint density at radius 2 is 1.55 bits per heavy atom. The predicted octanol–water partition coefficient (Wildman–Crippen LogP) is 5.93. The number of anilines is 1. The average molecular weight is 544 g/mol. The molecule has 1 fully saturated rings. The Kier molecular flexibility index (Phi) is 8.28. The minimum Gasteiger partial charge on any atom is -0.508 e. The van der Waals surface area contributed by atoms with Crippen LogP contribution in [-0.4, -0.2) is 40.6 Å². The van der Waals surface area contributed by atoms with Gasteiger partial charge in [0.2, 0.25) is 0 Å². The number of ether oxygens (including phenoxy) is 2. The van der Waals surface area contributed by atoms with E-state index in [-0.39, 0.29) is 23.2 Å². The van der Waals surface area contributed by atoms with Crippen LogP contribution >= 0.6 is 0 Å². The molecule has 1 aliphatic heterocycles. The summed E-state index contributed by atoms with van der Waals surface area (Å²) in [6, 6.07) is 16.3. The lowest BCUT2D eigenvalue weighted by molar-refractivity contribution is -0.132. The fourth-order valence-electron chi connectivity index (χ4n) is 4.48. The molecule has 2 N–H and O–H groups in total. The summed E-state index contributed by atoms with van der Waals surface area (Å²) in [5.74, 6) is -1.49. The van der Waals surface area contributed by atoms with Gasteiger partial charge in [-0.1, -0.05) is 26.0 Å². The molecule has 1 heterocycles. The average Bonchev–Trinajstić information content (AvgIpc) is 3.17. The van der Waals surface area contributed by atoms with Gasteiger partial charge in [-0.25, -0.2) is 4.79 Å². The molecule has 208 valence electrons. The molecule has 0 bridgehead atoms. The van der Waals surface area contributed by atoms with Gasteiger partial charge in [0.1, 0.15) is 17.3 Å². The maximum Gasteiger partial charge on any atom is 0.338 e. The molecule has 1 atom stereocenters. The van der Waals surface area contributed by atoms with Crippen LogP contribution in [-0.2, 0) is 14.3 Å². The Morgan fingerprint density at radius 1 is 0.925 bits per heavy atom. The number of aliphatic hydroxyl groups is 1. The van der Waals surface area contributed by atoms with Crippen LogP contribution in [0.25, 0.3) is 5.76 Å². The number of benzene rings is 3. The van der Waals surface area contributed by atoms with Crippen molar-refractivity contribution >= 4 is 29.1 Å². The van der Waals surface area contributed by atoms with E-state index in [4.69, 9.17) is 9.47 Å². The van der Waals surface area contributed by atoms with Crippen molar-refractivity contribution in [1.29, 1.82) is 0 Å². The fourth-order valence-corrected chi connectivity index (χ4v) is 4.48. The molecule has 0 saturated carbocycles. The smallest absolute Gasteiger partial charge is 0.338 e. The zero-order chi connectivity index (χ0) is 29.1. The third-order valence-corrected chi connectivity index (χ3v) is 6.40. The van der Waals surface area contributed by atoms with Gasteiger partial charge < -0.3 is 19.7 Å². The van der Waals surface area contributed by atoms with Crippen LogP contribution in [0.5, 0.6) is 11.5 Å². The fraction of sp³-hybridized carbons (Fsp3) is 0.281. The summed E-state index contributed by atoms with van der Waals surface area (Å²) in [6.45, 7) is 9.96. The summed E-state index contributed by atoms with van der Waals surface area (Å²) < 4.78 is 11.1. The highest BCUT2D eigenvalue weighted by Crippen LogP contribution is 2.42. The summed E-state index contributed by atoms with van der Waals surface area (Å²) >= 11 is 0. The number of esters is 1. The summed E-state index contributed by atoms with van der Waals surface area (Å²) in [5.41, 5.74) is 2.20. The van der Waals surface area contributed by atoms with Crippen molar-refractivity contribution in [3.8, 4) is 11.5 Å². The SMILES string of the molecule is Cc1cc(/C(O)=C2/C(=O)C(=O)N(c3ccc(C(=O)OC(C)C)cc3)C2c2ccc(O)cc2)ccc1OCC(C)C. The van der Waals surface area contributed by atoms with Crippen molar-refractivity contribution in [3.63, 3.8) is 0 Å². The van der Waals surface area contributed by atoms with Crippen molar-refractivity contribution < 1.29 is 34.1 Å². The number of hydrogen-bond acceptors (Lipinski definition) is 7. The molecule has 1 aliphatic rings. The van der Waals surface area contributed by atoms with Crippen LogP contribution in [0.2, 0.25) is 0 Å². The first-order valence-electron chi connectivity index (χ1n) is 13.1. The Morgan fingerprint density at radius 3 is 2.12 bits per heavy atom. The third kappa shape index (κ3) is 5.86. The molecule has 0 aliphatic carbocycles. The number of Topliss-reactive ketones (excluding diaryl/α,β-unsaturated/α-hetero) is 1. The van der Waals surface area contributed by atoms with E-state index in [2.05, 4.69) is 0 Å².